The molecule has 4 nitrogen and oxygen atoms in total. The Balaban J connectivity index is 3.33. The van der Waals surface area contributed by atoms with E-state index in [0.717, 1.165) is 0 Å². The van der Waals surface area contributed by atoms with Crippen molar-refractivity contribution < 1.29 is 9.90 Å². The van der Waals surface area contributed by atoms with Crippen LogP contribution < -0.4 is 5.56 Å². The predicted molar refractivity (Wildman–Crippen MR) is 52.7 cm³/mol. The number of hydrogen-bond acceptors (Lipinski definition) is 3. The van der Waals surface area contributed by atoms with E-state index in [1.165, 1.54) is 6.07 Å². The molecule has 0 aliphatic heterocycles. The summed E-state index contributed by atoms with van der Waals surface area (Å²) in [7, 11) is 0. The second-order valence-corrected chi connectivity index (χ2v) is 3.01. The monoisotopic (exact) mass is 195 g/mol. The molecule has 0 aromatic carbocycles. The molecule has 1 rings (SSSR count). The van der Waals surface area contributed by atoms with E-state index < -0.39 is 5.56 Å². The van der Waals surface area contributed by atoms with Crippen LogP contribution in [0.5, 0.6) is 5.75 Å². The molecule has 0 bridgehead atoms. The van der Waals surface area contributed by atoms with E-state index in [-0.39, 0.29) is 23.5 Å². The number of aromatic hydroxyl groups is 1. The number of rotatable bonds is 3. The van der Waals surface area contributed by atoms with Crippen molar-refractivity contribution in [3.8, 4) is 5.75 Å². The number of ketones is 1. The van der Waals surface area contributed by atoms with E-state index in [1.54, 1.807) is 6.92 Å². The van der Waals surface area contributed by atoms with Crippen molar-refractivity contribution in [2.75, 3.05) is 0 Å². The highest BCUT2D eigenvalue weighted by molar-refractivity contribution is 5.97. The molecule has 0 unspecified atom stereocenters. The van der Waals surface area contributed by atoms with Crippen LogP contribution in [-0.2, 0) is 6.42 Å². The van der Waals surface area contributed by atoms with Gasteiger partial charge in [0.25, 0.3) is 5.56 Å². The molecule has 0 atom stereocenters. The van der Waals surface area contributed by atoms with Crippen molar-refractivity contribution in [3.05, 3.63) is 27.7 Å². The zero-order chi connectivity index (χ0) is 10.7. The Morgan fingerprint density at radius 3 is 2.57 bits per heavy atom. The van der Waals surface area contributed by atoms with Gasteiger partial charge in [0.05, 0.1) is 0 Å². The number of aromatic amines is 1. The van der Waals surface area contributed by atoms with E-state index in [9.17, 15) is 14.7 Å². The fourth-order valence-corrected chi connectivity index (χ4v) is 1.23. The lowest BCUT2D eigenvalue weighted by Crippen LogP contribution is -2.18. The summed E-state index contributed by atoms with van der Waals surface area (Å²) < 4.78 is 0. The maximum Gasteiger partial charge on any atom is 0.262 e. The number of nitrogens with one attached hydrogen (secondary N) is 1. The number of Topliss-reactive ketones (excluding diaryl/α,β-unsaturated/α-hetero) is 1. The maximum absolute atomic E-state index is 11.4. The number of H-pyrrole nitrogens is 1. The number of aromatic nitrogens is 1. The lowest BCUT2D eigenvalue weighted by molar-refractivity contribution is 0.0984. The van der Waals surface area contributed by atoms with E-state index in [2.05, 4.69) is 4.98 Å². The average molecular weight is 195 g/mol. The van der Waals surface area contributed by atoms with Gasteiger partial charge in [-0.3, -0.25) is 9.59 Å². The second kappa shape index (κ2) is 4.09. The topological polar surface area (TPSA) is 70.2 Å². The molecule has 0 amide bonds. The summed E-state index contributed by atoms with van der Waals surface area (Å²) in [6.45, 7) is 3.50. The van der Waals surface area contributed by atoms with Crippen molar-refractivity contribution in [3.63, 3.8) is 0 Å². The van der Waals surface area contributed by atoms with Crippen LogP contribution in [-0.4, -0.2) is 15.9 Å². The van der Waals surface area contributed by atoms with Crippen LogP contribution in [0.4, 0.5) is 0 Å². The Bertz CT molecular complexity index is 406. The molecule has 1 aromatic heterocycles. The Morgan fingerprint density at radius 1 is 1.50 bits per heavy atom. The largest absolute Gasteiger partial charge is 0.507 e. The van der Waals surface area contributed by atoms with Crippen LogP contribution in [0.3, 0.4) is 0 Å². The van der Waals surface area contributed by atoms with Gasteiger partial charge in [0.1, 0.15) is 11.3 Å². The molecule has 0 aliphatic carbocycles. The van der Waals surface area contributed by atoms with E-state index >= 15 is 0 Å². The van der Waals surface area contributed by atoms with Gasteiger partial charge < -0.3 is 10.1 Å². The lowest BCUT2D eigenvalue weighted by Gasteiger charge is -2.03. The minimum Gasteiger partial charge on any atom is -0.507 e. The normalized spacial score (nSPS) is 10.1. The molecule has 4 heteroatoms. The zero-order valence-corrected chi connectivity index (χ0v) is 8.26. The standard InChI is InChI=1S/C10H13NO3/c1-3-6-5-8(13)9(7(12)4-2)10(14)11-6/h5H,3-4H2,1-2H3,(H2,11,13,14). The molecule has 0 saturated heterocycles. The first-order valence-corrected chi connectivity index (χ1v) is 4.58. The van der Waals surface area contributed by atoms with Crippen LogP contribution >= 0.6 is 0 Å². The van der Waals surface area contributed by atoms with Gasteiger partial charge in [0.15, 0.2) is 5.78 Å². The molecular formula is C10H13NO3. The first kappa shape index (κ1) is 10.5. The number of hydrogen-bond donors (Lipinski definition) is 2. The summed E-state index contributed by atoms with van der Waals surface area (Å²) in [6, 6.07) is 1.42. The molecule has 0 spiro atoms. The third kappa shape index (κ3) is 1.84. The Hall–Kier alpha value is -1.58. The second-order valence-electron chi connectivity index (χ2n) is 3.01. The van der Waals surface area contributed by atoms with Crippen molar-refractivity contribution in [2.45, 2.75) is 26.7 Å². The van der Waals surface area contributed by atoms with Crippen LogP contribution in [0.25, 0.3) is 0 Å². The van der Waals surface area contributed by atoms with Crippen molar-refractivity contribution in [1.82, 2.24) is 4.98 Å². The average Bonchev–Trinajstić information content (AvgIpc) is 2.16. The van der Waals surface area contributed by atoms with Crippen LogP contribution in [0, 0.1) is 0 Å². The highest BCUT2D eigenvalue weighted by atomic mass is 16.3. The third-order valence-electron chi connectivity index (χ3n) is 2.05. The number of carbonyl (C=O) groups excluding carboxylic acids is 1. The molecular weight excluding hydrogens is 182 g/mol. The molecule has 76 valence electrons. The predicted octanol–water partition coefficient (Wildman–Crippen LogP) is 1.24. The smallest absolute Gasteiger partial charge is 0.262 e. The fraction of sp³-hybridized carbons (Fsp3) is 0.400. The molecule has 0 saturated carbocycles. The molecule has 1 heterocycles. The first-order chi connectivity index (χ1) is 6.60. The van der Waals surface area contributed by atoms with E-state index in [4.69, 9.17) is 0 Å². The van der Waals surface area contributed by atoms with Gasteiger partial charge in [-0.1, -0.05) is 13.8 Å². The van der Waals surface area contributed by atoms with Crippen LogP contribution in [0.1, 0.15) is 36.3 Å². The van der Waals surface area contributed by atoms with Gasteiger partial charge in [0.2, 0.25) is 0 Å². The summed E-state index contributed by atoms with van der Waals surface area (Å²) in [4.78, 5) is 25.2. The lowest BCUT2D eigenvalue weighted by atomic mass is 10.1. The molecule has 0 aliphatic rings. The number of aryl methyl sites for hydroxylation is 1. The van der Waals surface area contributed by atoms with Gasteiger partial charge in [-0.25, -0.2) is 0 Å². The molecule has 0 fully saturated rings. The van der Waals surface area contributed by atoms with Crippen molar-refractivity contribution in [1.29, 1.82) is 0 Å². The number of pyridine rings is 1. The zero-order valence-electron chi connectivity index (χ0n) is 8.26. The van der Waals surface area contributed by atoms with E-state index in [0.29, 0.717) is 12.1 Å². The minimum absolute atomic E-state index is 0.135. The molecule has 2 N–H and O–H groups in total. The molecule has 14 heavy (non-hydrogen) atoms. The van der Waals surface area contributed by atoms with Gasteiger partial charge in [-0.15, -0.1) is 0 Å². The fourth-order valence-electron chi connectivity index (χ4n) is 1.23. The summed E-state index contributed by atoms with van der Waals surface area (Å²) >= 11 is 0. The van der Waals surface area contributed by atoms with Gasteiger partial charge in [-0.2, -0.15) is 0 Å². The molecule has 1 aromatic rings. The van der Waals surface area contributed by atoms with Gasteiger partial charge in [-0.05, 0) is 6.42 Å². The Morgan fingerprint density at radius 2 is 2.14 bits per heavy atom. The van der Waals surface area contributed by atoms with E-state index in [1.807, 2.05) is 6.92 Å². The minimum atomic E-state index is -0.506. The first-order valence-electron chi connectivity index (χ1n) is 4.58. The highest BCUT2D eigenvalue weighted by Crippen LogP contribution is 2.14. The third-order valence-corrected chi connectivity index (χ3v) is 2.05. The quantitative estimate of drug-likeness (QED) is 0.713. The number of carbonyl (C=O) groups is 1. The highest BCUT2D eigenvalue weighted by Gasteiger charge is 2.14. The Kier molecular flexibility index (Phi) is 3.06. The van der Waals surface area contributed by atoms with Crippen molar-refractivity contribution >= 4 is 5.78 Å². The van der Waals surface area contributed by atoms with Crippen molar-refractivity contribution in [2.24, 2.45) is 0 Å². The van der Waals surface area contributed by atoms with Gasteiger partial charge in [0, 0.05) is 18.2 Å². The summed E-state index contributed by atoms with van der Waals surface area (Å²) in [5.41, 5.74) is -0.0152. The van der Waals surface area contributed by atoms with Crippen LogP contribution in [0.2, 0.25) is 0 Å². The van der Waals surface area contributed by atoms with Crippen LogP contribution in [0.15, 0.2) is 10.9 Å². The SMILES string of the molecule is CCC(=O)c1c(O)cc(CC)[nH]c1=O. The van der Waals surface area contributed by atoms with Gasteiger partial charge >= 0.3 is 0 Å². The summed E-state index contributed by atoms with van der Waals surface area (Å²) in [5.74, 6) is -0.566. The summed E-state index contributed by atoms with van der Waals surface area (Å²) in [6.07, 6.45) is 0.825. The molecule has 0 radical (unpaired) electrons. The maximum atomic E-state index is 11.4. The summed E-state index contributed by atoms with van der Waals surface area (Å²) in [5, 5.41) is 9.46. The Labute approximate surface area is 81.6 Å².